The second-order valence-corrected chi connectivity index (χ2v) is 5.33. The smallest absolute Gasteiger partial charge is 0.242 e. The van der Waals surface area contributed by atoms with Gasteiger partial charge in [0, 0.05) is 23.0 Å². The number of halogens is 1. The Morgan fingerprint density at radius 2 is 2.32 bits per heavy atom. The number of benzene rings is 1. The molecule has 3 rings (SSSR count). The van der Waals surface area contributed by atoms with E-state index in [9.17, 15) is 0 Å². The zero-order chi connectivity index (χ0) is 13.2. The third kappa shape index (κ3) is 2.45. The van der Waals surface area contributed by atoms with E-state index in [0.29, 0.717) is 29.6 Å². The molecule has 4 nitrogen and oxygen atoms in total. The Kier molecular flexibility index (Phi) is 3.42. The minimum absolute atomic E-state index is 0.551. The Morgan fingerprint density at radius 3 is 3.11 bits per heavy atom. The maximum Gasteiger partial charge on any atom is 0.242 e. The topological polar surface area (TPSA) is 52.5 Å². The summed E-state index contributed by atoms with van der Waals surface area (Å²) in [6.45, 7) is 0.551. The van der Waals surface area contributed by atoms with Crippen LogP contribution in [-0.2, 0) is 6.42 Å². The third-order valence-corrected chi connectivity index (χ3v) is 3.71. The van der Waals surface area contributed by atoms with Gasteiger partial charge in [-0.1, -0.05) is 17.7 Å². The molecule has 0 atom stereocenters. The zero-order valence-electron chi connectivity index (χ0n) is 10.0. The fourth-order valence-corrected chi connectivity index (χ4v) is 2.81. The normalized spacial score (nSPS) is 11.1. The van der Waals surface area contributed by atoms with Gasteiger partial charge < -0.3 is 10.5 Å². The highest BCUT2D eigenvalue weighted by atomic mass is 35.5. The van der Waals surface area contributed by atoms with E-state index in [4.69, 9.17) is 22.1 Å². The Labute approximate surface area is 119 Å². The fourth-order valence-electron chi connectivity index (χ4n) is 1.90. The lowest BCUT2D eigenvalue weighted by atomic mass is 10.3. The number of hydrogen-bond donors (Lipinski definition) is 1. The number of ether oxygens (including phenoxy) is 1. The van der Waals surface area contributed by atoms with E-state index in [1.54, 1.807) is 23.5 Å². The van der Waals surface area contributed by atoms with E-state index >= 15 is 0 Å². The number of imidazole rings is 1. The van der Waals surface area contributed by atoms with Crippen LogP contribution in [0.4, 0.5) is 0 Å². The van der Waals surface area contributed by atoms with Crippen molar-refractivity contribution in [2.75, 3.05) is 6.54 Å². The summed E-state index contributed by atoms with van der Waals surface area (Å²) in [4.78, 5) is 5.38. The van der Waals surface area contributed by atoms with Crippen molar-refractivity contribution in [1.82, 2.24) is 9.38 Å². The number of hydrogen-bond acceptors (Lipinski definition) is 4. The molecule has 1 aromatic carbocycles. The average Bonchev–Trinajstić information content (AvgIpc) is 2.93. The predicted molar refractivity (Wildman–Crippen MR) is 77.4 cm³/mol. The lowest BCUT2D eigenvalue weighted by Crippen LogP contribution is -2.05. The van der Waals surface area contributed by atoms with Crippen molar-refractivity contribution in [2.24, 2.45) is 5.73 Å². The zero-order valence-corrected chi connectivity index (χ0v) is 11.6. The molecule has 6 heteroatoms. The highest BCUT2D eigenvalue weighted by molar-refractivity contribution is 7.15. The van der Waals surface area contributed by atoms with Crippen LogP contribution in [0.2, 0.25) is 5.02 Å². The molecule has 0 bridgehead atoms. The monoisotopic (exact) mass is 293 g/mol. The van der Waals surface area contributed by atoms with Crippen LogP contribution >= 0.6 is 22.9 Å². The molecule has 19 heavy (non-hydrogen) atoms. The van der Waals surface area contributed by atoms with Gasteiger partial charge in [0.25, 0.3) is 0 Å². The van der Waals surface area contributed by atoms with Crippen LogP contribution in [0.3, 0.4) is 0 Å². The molecule has 3 aromatic rings. The maximum absolute atomic E-state index is 5.95. The molecule has 2 N–H and O–H groups in total. The fraction of sp³-hybridized carbons (Fsp3) is 0.154. The van der Waals surface area contributed by atoms with Crippen molar-refractivity contribution < 1.29 is 4.74 Å². The minimum atomic E-state index is 0.551. The van der Waals surface area contributed by atoms with Gasteiger partial charge >= 0.3 is 0 Å². The summed E-state index contributed by atoms with van der Waals surface area (Å²) in [6, 6.07) is 7.27. The summed E-state index contributed by atoms with van der Waals surface area (Å²) in [5.41, 5.74) is 6.64. The first-order chi connectivity index (χ1) is 9.28. The molecule has 2 heterocycles. The van der Waals surface area contributed by atoms with Gasteiger partial charge in [-0.15, -0.1) is 11.3 Å². The van der Waals surface area contributed by atoms with Gasteiger partial charge in [-0.05, 0) is 24.7 Å². The number of fused-ring (bicyclic) bond motifs is 1. The van der Waals surface area contributed by atoms with E-state index in [1.165, 1.54) is 0 Å². The molecule has 0 radical (unpaired) electrons. The molecule has 0 saturated carbocycles. The molecule has 0 aliphatic heterocycles. The number of aromatic nitrogens is 2. The van der Waals surface area contributed by atoms with E-state index in [-0.39, 0.29) is 0 Å². The van der Waals surface area contributed by atoms with Crippen molar-refractivity contribution in [1.29, 1.82) is 0 Å². The Balaban J connectivity index is 1.99. The van der Waals surface area contributed by atoms with Gasteiger partial charge in [0.2, 0.25) is 5.88 Å². The molecule has 0 amide bonds. The summed E-state index contributed by atoms with van der Waals surface area (Å²) in [5, 5.41) is 2.63. The number of nitrogens with zero attached hydrogens (tertiary/aromatic N) is 2. The van der Waals surface area contributed by atoms with Crippen molar-refractivity contribution >= 4 is 27.9 Å². The highest BCUT2D eigenvalue weighted by Gasteiger charge is 2.14. The summed E-state index contributed by atoms with van der Waals surface area (Å²) < 4.78 is 7.83. The molecule has 0 aliphatic carbocycles. The van der Waals surface area contributed by atoms with Gasteiger partial charge in [-0.2, -0.15) is 4.98 Å². The molecular weight excluding hydrogens is 282 g/mol. The largest absolute Gasteiger partial charge is 0.437 e. The van der Waals surface area contributed by atoms with Crippen LogP contribution < -0.4 is 10.5 Å². The Morgan fingerprint density at radius 1 is 1.42 bits per heavy atom. The molecule has 2 aromatic heterocycles. The van der Waals surface area contributed by atoms with Crippen LogP contribution in [0.1, 0.15) is 5.69 Å². The number of rotatable bonds is 4. The van der Waals surface area contributed by atoms with Crippen molar-refractivity contribution in [3.05, 3.63) is 46.6 Å². The van der Waals surface area contributed by atoms with Gasteiger partial charge in [0.1, 0.15) is 5.75 Å². The standard InChI is InChI=1S/C13H12ClN3OS/c14-9-2-1-3-10(8-9)18-12-11(4-5-15)17-6-7-19-13(17)16-12/h1-3,6-8H,4-5,15H2. The maximum atomic E-state index is 5.95. The van der Waals surface area contributed by atoms with Crippen molar-refractivity contribution in [3.63, 3.8) is 0 Å². The van der Waals surface area contributed by atoms with Crippen molar-refractivity contribution in [3.8, 4) is 11.6 Å². The first-order valence-corrected chi connectivity index (χ1v) is 7.11. The number of nitrogens with two attached hydrogens (primary N) is 1. The average molecular weight is 294 g/mol. The van der Waals surface area contributed by atoms with Crippen LogP contribution in [0.25, 0.3) is 4.96 Å². The summed E-state index contributed by atoms with van der Waals surface area (Å²) in [6.07, 6.45) is 2.69. The SMILES string of the molecule is NCCc1c(Oc2cccc(Cl)c2)nc2sccn12. The molecular formula is C13H12ClN3OS. The molecule has 98 valence electrons. The van der Waals surface area contributed by atoms with Gasteiger partial charge in [0.05, 0.1) is 5.69 Å². The predicted octanol–water partition coefficient (Wildman–Crippen LogP) is 3.34. The summed E-state index contributed by atoms with van der Waals surface area (Å²) in [7, 11) is 0. The van der Waals surface area contributed by atoms with Crippen LogP contribution in [0.5, 0.6) is 11.6 Å². The first kappa shape index (κ1) is 12.5. The number of thiazole rings is 1. The van der Waals surface area contributed by atoms with E-state index < -0.39 is 0 Å². The first-order valence-electron chi connectivity index (χ1n) is 5.86. The van der Waals surface area contributed by atoms with Gasteiger partial charge in [0.15, 0.2) is 4.96 Å². The highest BCUT2D eigenvalue weighted by Crippen LogP contribution is 2.29. The Bertz CT molecular complexity index is 707. The summed E-state index contributed by atoms with van der Waals surface area (Å²) >= 11 is 7.51. The third-order valence-electron chi connectivity index (χ3n) is 2.72. The minimum Gasteiger partial charge on any atom is -0.437 e. The summed E-state index contributed by atoms with van der Waals surface area (Å²) in [5.74, 6) is 1.27. The molecule has 0 saturated heterocycles. The molecule has 0 fully saturated rings. The van der Waals surface area contributed by atoms with Gasteiger partial charge in [-0.3, -0.25) is 4.40 Å². The lowest BCUT2D eigenvalue weighted by Gasteiger charge is -2.05. The van der Waals surface area contributed by atoms with Crippen LogP contribution in [0, 0.1) is 0 Å². The van der Waals surface area contributed by atoms with Crippen molar-refractivity contribution in [2.45, 2.75) is 6.42 Å². The van der Waals surface area contributed by atoms with E-state index in [2.05, 4.69) is 4.98 Å². The molecule has 0 spiro atoms. The lowest BCUT2D eigenvalue weighted by molar-refractivity contribution is 0.459. The van der Waals surface area contributed by atoms with E-state index in [0.717, 1.165) is 10.7 Å². The second-order valence-electron chi connectivity index (χ2n) is 4.02. The molecule has 0 aliphatic rings. The quantitative estimate of drug-likeness (QED) is 0.802. The molecule has 0 unspecified atom stereocenters. The van der Waals surface area contributed by atoms with E-state index in [1.807, 2.05) is 28.1 Å². The van der Waals surface area contributed by atoms with Crippen LogP contribution in [0.15, 0.2) is 35.8 Å². The Hall–Kier alpha value is -1.56. The second kappa shape index (κ2) is 5.21. The van der Waals surface area contributed by atoms with Crippen LogP contribution in [-0.4, -0.2) is 15.9 Å². The van der Waals surface area contributed by atoms with Gasteiger partial charge in [-0.25, -0.2) is 0 Å².